The molecule has 2 heterocycles. The molecule has 0 bridgehead atoms. The molecule has 2 unspecified atom stereocenters. The molecule has 0 spiro atoms. The summed E-state index contributed by atoms with van der Waals surface area (Å²) < 4.78 is 0. The number of nitrogens with zero attached hydrogens (tertiary/aromatic N) is 2. The summed E-state index contributed by atoms with van der Waals surface area (Å²) >= 11 is 0. The van der Waals surface area contributed by atoms with Gasteiger partial charge in [0.1, 0.15) is 0 Å². The Balaban J connectivity index is 1.90. The van der Waals surface area contributed by atoms with Crippen molar-refractivity contribution in [3.05, 3.63) is 0 Å². The molecule has 0 saturated carbocycles. The Hall–Kier alpha value is -0.0800. The smallest absolute Gasteiger partial charge is 0.0281 e. The quantitative estimate of drug-likeness (QED) is 0.675. The minimum absolute atomic E-state index is 0.360. The van der Waals surface area contributed by atoms with Crippen LogP contribution in [-0.2, 0) is 0 Å². The zero-order chi connectivity index (χ0) is 12.1. The van der Waals surface area contributed by atoms with Gasteiger partial charge in [0.05, 0.1) is 0 Å². The molecule has 2 saturated heterocycles. The van der Waals surface area contributed by atoms with Crippen molar-refractivity contribution in [1.82, 2.24) is 9.80 Å². The standard InChI is InChI=1S/C14H28N2/c1-13(2,3)10-15-7-11-8-16(12(11)9-15)14(4,5)6/h11-12H,7-10H2,1-6H3. The highest BCUT2D eigenvalue weighted by molar-refractivity contribution is 5.04. The lowest BCUT2D eigenvalue weighted by Gasteiger charge is -2.51. The van der Waals surface area contributed by atoms with Crippen LogP contribution in [-0.4, -0.2) is 47.6 Å². The fourth-order valence-electron chi connectivity index (χ4n) is 3.30. The lowest BCUT2D eigenvalue weighted by molar-refractivity contribution is -0.0269. The van der Waals surface area contributed by atoms with Gasteiger partial charge in [-0.3, -0.25) is 4.90 Å². The van der Waals surface area contributed by atoms with E-state index in [1.54, 1.807) is 0 Å². The summed E-state index contributed by atoms with van der Waals surface area (Å²) in [7, 11) is 0. The van der Waals surface area contributed by atoms with E-state index in [1.165, 1.54) is 26.2 Å². The van der Waals surface area contributed by atoms with Gasteiger partial charge in [0.25, 0.3) is 0 Å². The Morgan fingerprint density at radius 1 is 0.938 bits per heavy atom. The van der Waals surface area contributed by atoms with Crippen LogP contribution in [0.2, 0.25) is 0 Å². The van der Waals surface area contributed by atoms with Crippen LogP contribution in [0.1, 0.15) is 41.5 Å². The third-order valence-corrected chi connectivity index (χ3v) is 3.87. The Labute approximate surface area is 101 Å². The van der Waals surface area contributed by atoms with Gasteiger partial charge < -0.3 is 4.90 Å². The predicted molar refractivity (Wildman–Crippen MR) is 69.6 cm³/mol. The van der Waals surface area contributed by atoms with Crippen molar-refractivity contribution in [2.45, 2.75) is 53.1 Å². The molecule has 0 aromatic heterocycles. The first kappa shape index (κ1) is 12.4. The number of rotatable bonds is 1. The van der Waals surface area contributed by atoms with E-state index in [2.05, 4.69) is 51.3 Å². The van der Waals surface area contributed by atoms with Gasteiger partial charge in [-0.25, -0.2) is 0 Å². The fraction of sp³-hybridized carbons (Fsp3) is 1.00. The van der Waals surface area contributed by atoms with Crippen LogP contribution in [0.4, 0.5) is 0 Å². The number of likely N-dealkylation sites (tertiary alicyclic amines) is 2. The van der Waals surface area contributed by atoms with E-state index >= 15 is 0 Å². The van der Waals surface area contributed by atoms with Gasteiger partial charge in [-0.2, -0.15) is 0 Å². The maximum atomic E-state index is 2.68. The summed E-state index contributed by atoms with van der Waals surface area (Å²) in [6.07, 6.45) is 0. The molecule has 16 heavy (non-hydrogen) atoms. The zero-order valence-electron chi connectivity index (χ0n) is 11.9. The molecule has 0 amide bonds. The van der Waals surface area contributed by atoms with Crippen molar-refractivity contribution >= 4 is 0 Å². The molecule has 0 aliphatic carbocycles. The fourth-order valence-corrected chi connectivity index (χ4v) is 3.30. The molecule has 2 nitrogen and oxygen atoms in total. The van der Waals surface area contributed by atoms with E-state index in [-0.39, 0.29) is 0 Å². The molecule has 0 N–H and O–H groups in total. The number of hydrogen-bond acceptors (Lipinski definition) is 2. The first-order valence-corrected chi connectivity index (χ1v) is 6.66. The monoisotopic (exact) mass is 224 g/mol. The molecule has 2 heteroatoms. The molecule has 2 atom stereocenters. The first-order valence-electron chi connectivity index (χ1n) is 6.66. The van der Waals surface area contributed by atoms with Crippen LogP contribution in [0, 0.1) is 11.3 Å². The number of hydrogen-bond donors (Lipinski definition) is 0. The van der Waals surface area contributed by atoms with Crippen LogP contribution in [0.5, 0.6) is 0 Å². The second-order valence-corrected chi connectivity index (χ2v) is 7.91. The van der Waals surface area contributed by atoms with Crippen molar-refractivity contribution in [2.24, 2.45) is 11.3 Å². The van der Waals surface area contributed by atoms with Crippen LogP contribution in [0.25, 0.3) is 0 Å². The zero-order valence-corrected chi connectivity index (χ0v) is 11.9. The van der Waals surface area contributed by atoms with E-state index in [4.69, 9.17) is 0 Å². The summed E-state index contributed by atoms with van der Waals surface area (Å²) in [6.45, 7) is 19.2. The lowest BCUT2D eigenvalue weighted by Crippen LogP contribution is -2.62. The Bertz CT molecular complexity index is 259. The van der Waals surface area contributed by atoms with Gasteiger partial charge >= 0.3 is 0 Å². The van der Waals surface area contributed by atoms with Crippen molar-refractivity contribution in [2.75, 3.05) is 26.2 Å². The summed E-state index contributed by atoms with van der Waals surface area (Å²) in [6, 6.07) is 0.836. The molecule has 2 aliphatic heterocycles. The predicted octanol–water partition coefficient (Wildman–Crippen LogP) is 2.45. The van der Waals surface area contributed by atoms with Crippen LogP contribution in [0.15, 0.2) is 0 Å². The molecule has 2 rings (SSSR count). The maximum Gasteiger partial charge on any atom is 0.0281 e. The summed E-state index contributed by atoms with van der Waals surface area (Å²) in [4.78, 5) is 5.35. The van der Waals surface area contributed by atoms with Gasteiger partial charge in [0.15, 0.2) is 0 Å². The molecule has 0 aromatic carbocycles. The number of fused-ring (bicyclic) bond motifs is 1. The molecular weight excluding hydrogens is 196 g/mol. The van der Waals surface area contributed by atoms with Crippen molar-refractivity contribution in [1.29, 1.82) is 0 Å². The minimum atomic E-state index is 0.360. The average Bonchev–Trinajstić information content (AvgIpc) is 2.25. The molecule has 94 valence electrons. The highest BCUT2D eigenvalue weighted by Gasteiger charge is 2.49. The van der Waals surface area contributed by atoms with Crippen molar-refractivity contribution in [3.63, 3.8) is 0 Å². The molecule has 2 fully saturated rings. The topological polar surface area (TPSA) is 6.48 Å². The lowest BCUT2D eigenvalue weighted by atomic mass is 9.86. The Morgan fingerprint density at radius 2 is 1.56 bits per heavy atom. The van der Waals surface area contributed by atoms with E-state index in [1.807, 2.05) is 0 Å². The first-order chi connectivity index (χ1) is 7.17. The van der Waals surface area contributed by atoms with Gasteiger partial charge in [-0.15, -0.1) is 0 Å². The Morgan fingerprint density at radius 3 is 2.06 bits per heavy atom. The average molecular weight is 224 g/mol. The van der Waals surface area contributed by atoms with E-state index < -0.39 is 0 Å². The summed E-state index contributed by atoms with van der Waals surface area (Å²) in [5, 5.41) is 0. The minimum Gasteiger partial charge on any atom is -0.301 e. The third kappa shape index (κ3) is 2.43. The highest BCUT2D eigenvalue weighted by Crippen LogP contribution is 2.38. The molecule has 2 aliphatic rings. The van der Waals surface area contributed by atoms with Gasteiger partial charge in [0, 0.05) is 43.7 Å². The van der Waals surface area contributed by atoms with Gasteiger partial charge in [-0.1, -0.05) is 20.8 Å². The maximum absolute atomic E-state index is 2.68. The van der Waals surface area contributed by atoms with Crippen LogP contribution in [0.3, 0.4) is 0 Å². The normalized spacial score (nSPS) is 32.6. The third-order valence-electron chi connectivity index (χ3n) is 3.87. The summed E-state index contributed by atoms with van der Waals surface area (Å²) in [5.74, 6) is 0.946. The molecule has 0 aromatic rings. The van der Waals surface area contributed by atoms with Gasteiger partial charge in [0.2, 0.25) is 0 Å². The van der Waals surface area contributed by atoms with Crippen molar-refractivity contribution in [3.8, 4) is 0 Å². The van der Waals surface area contributed by atoms with E-state index in [0.717, 1.165) is 12.0 Å². The van der Waals surface area contributed by atoms with Crippen molar-refractivity contribution < 1.29 is 0 Å². The Kier molecular flexibility index (Phi) is 2.87. The second-order valence-electron chi connectivity index (χ2n) is 7.91. The summed E-state index contributed by atoms with van der Waals surface area (Å²) in [5.41, 5.74) is 0.801. The molecule has 0 radical (unpaired) electrons. The highest BCUT2D eigenvalue weighted by atomic mass is 15.4. The molecular formula is C14H28N2. The van der Waals surface area contributed by atoms with E-state index in [0.29, 0.717) is 11.0 Å². The second kappa shape index (κ2) is 3.71. The van der Waals surface area contributed by atoms with Crippen LogP contribution >= 0.6 is 0 Å². The van der Waals surface area contributed by atoms with Gasteiger partial charge in [-0.05, 0) is 26.2 Å². The SMILES string of the molecule is CC(C)(C)CN1CC2CN(C(C)(C)C)C2C1. The van der Waals surface area contributed by atoms with Crippen LogP contribution < -0.4 is 0 Å². The van der Waals surface area contributed by atoms with E-state index in [9.17, 15) is 0 Å². The largest absolute Gasteiger partial charge is 0.301 e.